The summed E-state index contributed by atoms with van der Waals surface area (Å²) in [4.78, 5) is 24.9. The lowest BCUT2D eigenvalue weighted by Crippen LogP contribution is -2.42. The van der Waals surface area contributed by atoms with E-state index in [9.17, 15) is 14.0 Å². The van der Waals surface area contributed by atoms with Gasteiger partial charge in [0.05, 0.1) is 19.4 Å². The van der Waals surface area contributed by atoms with Crippen molar-refractivity contribution in [2.45, 2.75) is 25.9 Å². The molecule has 152 valence electrons. The summed E-state index contributed by atoms with van der Waals surface area (Å²) < 4.78 is 23.8. The maximum Gasteiger partial charge on any atom is 0.354 e. The van der Waals surface area contributed by atoms with Gasteiger partial charge in [-0.05, 0) is 36.8 Å². The summed E-state index contributed by atoms with van der Waals surface area (Å²) in [6.07, 6.45) is 0.122. The van der Waals surface area contributed by atoms with Gasteiger partial charge >= 0.3 is 5.97 Å². The van der Waals surface area contributed by atoms with E-state index in [1.54, 1.807) is 25.1 Å². The van der Waals surface area contributed by atoms with E-state index in [1.807, 2.05) is 18.2 Å². The molecular weight excluding hydrogens is 377 g/mol. The zero-order chi connectivity index (χ0) is 20.8. The van der Waals surface area contributed by atoms with E-state index in [1.165, 1.54) is 24.3 Å². The van der Waals surface area contributed by atoms with Crippen molar-refractivity contribution in [3.63, 3.8) is 0 Å². The first-order valence-electron chi connectivity index (χ1n) is 9.22. The van der Waals surface area contributed by atoms with Crippen LogP contribution in [0.15, 0.2) is 53.6 Å². The van der Waals surface area contributed by atoms with Crippen LogP contribution < -0.4 is 15.1 Å². The van der Waals surface area contributed by atoms with Crippen molar-refractivity contribution in [1.82, 2.24) is 5.32 Å². The van der Waals surface area contributed by atoms with Crippen LogP contribution in [0.5, 0.6) is 5.75 Å². The maximum atomic E-state index is 13.9. The summed E-state index contributed by atoms with van der Waals surface area (Å²) in [5, 5.41) is 8.60. The molecule has 1 aliphatic heterocycles. The highest BCUT2D eigenvalue weighted by Crippen LogP contribution is 2.25. The zero-order valence-corrected chi connectivity index (χ0v) is 16.2. The van der Waals surface area contributed by atoms with Gasteiger partial charge in [0, 0.05) is 13.0 Å². The number of benzene rings is 2. The molecule has 1 aliphatic rings. The number of rotatable bonds is 7. The molecule has 1 amide bonds. The molecule has 3 rings (SSSR count). The van der Waals surface area contributed by atoms with Crippen molar-refractivity contribution < 1.29 is 23.5 Å². The number of halogens is 1. The summed E-state index contributed by atoms with van der Waals surface area (Å²) in [6, 6.07) is 12.9. The van der Waals surface area contributed by atoms with Crippen LogP contribution in [0.25, 0.3) is 0 Å². The average molecular weight is 399 g/mol. The average Bonchev–Trinajstić information content (AvgIpc) is 3.19. The number of ether oxygens (including phenoxy) is 2. The number of methoxy groups -OCH3 is 1. The molecule has 0 fully saturated rings. The molecule has 0 saturated carbocycles. The molecule has 1 N–H and O–H groups in total. The molecule has 7 nitrogen and oxygen atoms in total. The molecule has 29 heavy (non-hydrogen) atoms. The van der Waals surface area contributed by atoms with Gasteiger partial charge < -0.3 is 14.8 Å². The van der Waals surface area contributed by atoms with Gasteiger partial charge in [0.15, 0.2) is 11.6 Å². The molecule has 2 aromatic rings. The predicted octanol–water partition coefficient (Wildman–Crippen LogP) is 2.65. The Balaban J connectivity index is 1.74. The molecule has 0 bridgehead atoms. The Morgan fingerprint density at radius 3 is 2.66 bits per heavy atom. The van der Waals surface area contributed by atoms with E-state index in [0.29, 0.717) is 11.3 Å². The highest BCUT2D eigenvalue weighted by molar-refractivity contribution is 6.38. The number of hydrogen-bond acceptors (Lipinski definition) is 6. The van der Waals surface area contributed by atoms with E-state index in [0.717, 1.165) is 0 Å². The summed E-state index contributed by atoms with van der Waals surface area (Å²) in [7, 11) is 1.39. The molecule has 0 aliphatic carbocycles. The van der Waals surface area contributed by atoms with E-state index in [2.05, 4.69) is 10.4 Å². The number of amides is 1. The third-order valence-electron chi connectivity index (χ3n) is 4.43. The Morgan fingerprint density at radius 1 is 1.24 bits per heavy atom. The molecule has 0 aromatic heterocycles. The fraction of sp³-hybridized carbons (Fsp3) is 0.286. The predicted molar refractivity (Wildman–Crippen MR) is 106 cm³/mol. The molecule has 1 atom stereocenters. The zero-order valence-electron chi connectivity index (χ0n) is 16.2. The highest BCUT2D eigenvalue weighted by atomic mass is 19.1. The van der Waals surface area contributed by atoms with Gasteiger partial charge in [0.2, 0.25) is 5.91 Å². The number of nitrogens with one attached hydrogen (secondary N) is 1. The molecule has 0 radical (unpaired) electrons. The van der Waals surface area contributed by atoms with Crippen LogP contribution in [0.2, 0.25) is 0 Å². The quantitative estimate of drug-likeness (QED) is 0.724. The minimum absolute atomic E-state index is 0.122. The van der Waals surface area contributed by atoms with Crippen LogP contribution in [0.4, 0.5) is 10.1 Å². The maximum absolute atomic E-state index is 13.9. The summed E-state index contributed by atoms with van der Waals surface area (Å²) >= 11 is 0. The fourth-order valence-corrected chi connectivity index (χ4v) is 3.00. The lowest BCUT2D eigenvalue weighted by molar-refractivity contribution is -0.135. The SMILES string of the molecule is CCOC(=O)C1=NN(c2ccccc2)C(C(=O)NCc2ccc(OC)c(F)c2)C1. The molecular formula is C21H22FN3O4. The number of esters is 1. The van der Waals surface area contributed by atoms with Crippen molar-refractivity contribution in [1.29, 1.82) is 0 Å². The third kappa shape index (κ3) is 4.71. The smallest absolute Gasteiger partial charge is 0.354 e. The standard InChI is InChI=1S/C21H22FN3O4/c1-3-29-21(27)17-12-18(25(24-17)15-7-5-4-6-8-15)20(26)23-13-14-9-10-19(28-2)16(22)11-14/h4-11,18H,3,12-13H2,1-2H3,(H,23,26). The first-order chi connectivity index (χ1) is 14.0. The third-order valence-corrected chi connectivity index (χ3v) is 4.43. The largest absolute Gasteiger partial charge is 0.494 e. The summed E-state index contributed by atoms with van der Waals surface area (Å²) in [5.41, 5.74) is 1.46. The minimum atomic E-state index is -0.708. The van der Waals surface area contributed by atoms with Gasteiger partial charge in [-0.25, -0.2) is 9.18 Å². The van der Waals surface area contributed by atoms with Crippen LogP contribution in [0.1, 0.15) is 18.9 Å². The Morgan fingerprint density at radius 2 is 2.00 bits per heavy atom. The van der Waals surface area contributed by atoms with Crippen LogP contribution in [-0.2, 0) is 20.9 Å². The van der Waals surface area contributed by atoms with Crippen LogP contribution in [0.3, 0.4) is 0 Å². The normalized spacial score (nSPS) is 15.6. The molecule has 8 heteroatoms. The van der Waals surface area contributed by atoms with Crippen LogP contribution in [0, 0.1) is 5.82 Å². The van der Waals surface area contributed by atoms with E-state index >= 15 is 0 Å². The second-order valence-electron chi connectivity index (χ2n) is 6.35. The Kier molecular flexibility index (Phi) is 6.43. The van der Waals surface area contributed by atoms with Crippen molar-refractivity contribution in [3.05, 3.63) is 59.9 Å². The van der Waals surface area contributed by atoms with Gasteiger partial charge in [-0.15, -0.1) is 0 Å². The number of hydrogen-bond donors (Lipinski definition) is 1. The van der Waals surface area contributed by atoms with Crippen molar-refractivity contribution in [2.24, 2.45) is 5.10 Å². The Hall–Kier alpha value is -3.42. The molecule has 1 unspecified atom stereocenters. The van der Waals surface area contributed by atoms with Gasteiger partial charge in [-0.2, -0.15) is 5.10 Å². The molecule has 2 aromatic carbocycles. The second kappa shape index (κ2) is 9.18. The first-order valence-corrected chi connectivity index (χ1v) is 9.22. The number of anilines is 1. The van der Waals surface area contributed by atoms with Crippen molar-refractivity contribution in [2.75, 3.05) is 18.7 Å². The Bertz CT molecular complexity index is 917. The number of para-hydroxylation sites is 1. The number of carbonyl (C=O) groups is 2. The van der Waals surface area contributed by atoms with Crippen molar-refractivity contribution >= 4 is 23.3 Å². The van der Waals surface area contributed by atoms with Crippen LogP contribution >= 0.6 is 0 Å². The first kappa shape index (κ1) is 20.3. The summed E-state index contributed by atoms with van der Waals surface area (Å²) in [5.74, 6) is -1.23. The molecule has 0 spiro atoms. The fourth-order valence-electron chi connectivity index (χ4n) is 3.00. The lowest BCUT2D eigenvalue weighted by Gasteiger charge is -2.22. The van der Waals surface area contributed by atoms with Crippen LogP contribution in [-0.4, -0.2) is 37.3 Å². The molecule has 0 saturated heterocycles. The van der Waals surface area contributed by atoms with E-state index < -0.39 is 17.8 Å². The topological polar surface area (TPSA) is 80.2 Å². The second-order valence-corrected chi connectivity index (χ2v) is 6.35. The van der Waals surface area contributed by atoms with Crippen molar-refractivity contribution in [3.8, 4) is 5.75 Å². The number of hydrazone groups is 1. The molecule has 1 heterocycles. The van der Waals surface area contributed by atoms with E-state index in [4.69, 9.17) is 9.47 Å². The van der Waals surface area contributed by atoms with E-state index in [-0.39, 0.29) is 36.9 Å². The number of nitrogens with zero attached hydrogens (tertiary/aromatic N) is 2. The summed E-state index contributed by atoms with van der Waals surface area (Å²) in [6.45, 7) is 2.07. The Labute approximate surface area is 168 Å². The number of carbonyl (C=O) groups excluding carboxylic acids is 2. The van der Waals surface area contributed by atoms with Gasteiger partial charge in [-0.3, -0.25) is 9.80 Å². The monoisotopic (exact) mass is 399 g/mol. The van der Waals surface area contributed by atoms with Gasteiger partial charge in [-0.1, -0.05) is 24.3 Å². The lowest BCUT2D eigenvalue weighted by atomic mass is 10.1. The highest BCUT2D eigenvalue weighted by Gasteiger charge is 2.36. The minimum Gasteiger partial charge on any atom is -0.494 e. The van der Waals surface area contributed by atoms with Gasteiger partial charge in [0.25, 0.3) is 0 Å². The van der Waals surface area contributed by atoms with Gasteiger partial charge in [0.1, 0.15) is 11.8 Å².